The fourth-order valence-corrected chi connectivity index (χ4v) is 3.09. The molecule has 7 nitrogen and oxygen atoms in total. The summed E-state index contributed by atoms with van der Waals surface area (Å²) in [5.41, 5.74) is 1.29. The summed E-state index contributed by atoms with van der Waals surface area (Å²) in [4.78, 5) is 19.4. The van der Waals surface area contributed by atoms with Gasteiger partial charge in [0, 0.05) is 11.8 Å². The van der Waals surface area contributed by atoms with Crippen LogP contribution in [0.5, 0.6) is 23.0 Å². The van der Waals surface area contributed by atoms with E-state index >= 15 is 0 Å². The van der Waals surface area contributed by atoms with E-state index in [9.17, 15) is 4.79 Å². The minimum Gasteiger partial charge on any atom is -0.497 e. The largest absolute Gasteiger partial charge is 0.497 e. The molecule has 1 heterocycles. The Hall–Kier alpha value is -3.74. The quantitative estimate of drug-likeness (QED) is 0.562. The Morgan fingerprint density at radius 1 is 0.867 bits per heavy atom. The average molecular weight is 408 g/mol. The number of hydrogen-bond acceptors (Lipinski definition) is 6. The Balaban J connectivity index is 2.03. The highest BCUT2D eigenvalue weighted by Crippen LogP contribution is 2.38. The Kier molecular flexibility index (Phi) is 6.75. The molecule has 0 aliphatic heterocycles. The summed E-state index contributed by atoms with van der Waals surface area (Å²) in [5.74, 6) is 2.45. The van der Waals surface area contributed by atoms with Gasteiger partial charge < -0.3 is 18.9 Å². The number of anilines is 1. The molecule has 156 valence electrons. The van der Waals surface area contributed by atoms with Crippen LogP contribution in [0.4, 0.5) is 5.82 Å². The lowest BCUT2D eigenvalue weighted by Gasteiger charge is -2.23. The maximum atomic E-state index is 13.4. The van der Waals surface area contributed by atoms with Crippen LogP contribution in [0.1, 0.15) is 15.9 Å². The molecule has 0 atom stereocenters. The highest BCUT2D eigenvalue weighted by Gasteiger charge is 2.22. The Morgan fingerprint density at radius 3 is 2.17 bits per heavy atom. The van der Waals surface area contributed by atoms with Crippen LogP contribution in [0.25, 0.3) is 0 Å². The van der Waals surface area contributed by atoms with E-state index in [2.05, 4.69) is 4.98 Å². The first-order chi connectivity index (χ1) is 14.6. The second-order valence-electron chi connectivity index (χ2n) is 6.34. The molecule has 3 rings (SSSR count). The molecule has 3 aromatic rings. The van der Waals surface area contributed by atoms with Gasteiger partial charge in [-0.15, -0.1) is 0 Å². The number of ether oxygens (including phenoxy) is 4. The Labute approximate surface area is 175 Å². The van der Waals surface area contributed by atoms with E-state index in [0.717, 1.165) is 5.56 Å². The second-order valence-corrected chi connectivity index (χ2v) is 6.34. The van der Waals surface area contributed by atoms with Crippen LogP contribution in [0, 0.1) is 0 Å². The third kappa shape index (κ3) is 4.46. The van der Waals surface area contributed by atoms with E-state index in [1.54, 1.807) is 75.9 Å². The SMILES string of the molecule is COc1cccc(C(=O)N(Cc2cc(OC)c(OC)c(OC)c2)c2ccccn2)c1. The second kappa shape index (κ2) is 9.65. The summed E-state index contributed by atoms with van der Waals surface area (Å²) in [7, 11) is 6.22. The molecule has 1 aromatic heterocycles. The highest BCUT2D eigenvalue weighted by molar-refractivity contribution is 6.05. The van der Waals surface area contributed by atoms with Crippen LogP contribution in [0.15, 0.2) is 60.8 Å². The first kappa shape index (κ1) is 21.0. The van der Waals surface area contributed by atoms with Gasteiger partial charge in [0.25, 0.3) is 5.91 Å². The standard InChI is InChI=1S/C23H24N2O5/c1-27-18-9-7-8-17(14-18)23(26)25(21-10-5-6-11-24-21)15-16-12-19(28-2)22(30-4)20(13-16)29-3/h5-14H,15H2,1-4H3. The number of methoxy groups -OCH3 is 4. The van der Waals surface area contributed by atoms with Crippen LogP contribution in [0.3, 0.4) is 0 Å². The third-order valence-corrected chi connectivity index (χ3v) is 4.55. The Morgan fingerprint density at radius 2 is 1.60 bits per heavy atom. The lowest BCUT2D eigenvalue weighted by Crippen LogP contribution is -2.31. The van der Waals surface area contributed by atoms with Gasteiger partial charge in [0.2, 0.25) is 5.75 Å². The fourth-order valence-electron chi connectivity index (χ4n) is 3.09. The van der Waals surface area contributed by atoms with Crippen molar-refractivity contribution in [1.29, 1.82) is 0 Å². The summed E-state index contributed by atoms with van der Waals surface area (Å²) < 4.78 is 21.5. The molecule has 0 radical (unpaired) electrons. The van der Waals surface area contributed by atoms with Gasteiger partial charge in [-0.1, -0.05) is 12.1 Å². The van der Waals surface area contributed by atoms with E-state index in [1.807, 2.05) is 18.2 Å². The van der Waals surface area contributed by atoms with E-state index in [0.29, 0.717) is 34.4 Å². The van der Waals surface area contributed by atoms with Gasteiger partial charge in [-0.2, -0.15) is 0 Å². The predicted octanol–water partition coefficient (Wildman–Crippen LogP) is 3.96. The van der Waals surface area contributed by atoms with Crippen molar-refractivity contribution in [3.05, 3.63) is 71.9 Å². The van der Waals surface area contributed by atoms with Crippen molar-refractivity contribution >= 4 is 11.7 Å². The maximum absolute atomic E-state index is 13.4. The molecule has 0 saturated carbocycles. The number of amides is 1. The summed E-state index contributed by atoms with van der Waals surface area (Å²) in [5, 5.41) is 0. The van der Waals surface area contributed by atoms with Crippen molar-refractivity contribution in [2.24, 2.45) is 0 Å². The number of hydrogen-bond donors (Lipinski definition) is 0. The molecule has 30 heavy (non-hydrogen) atoms. The highest BCUT2D eigenvalue weighted by atomic mass is 16.5. The summed E-state index contributed by atoms with van der Waals surface area (Å²) in [6, 6.07) is 16.1. The van der Waals surface area contributed by atoms with Crippen LogP contribution in [-0.4, -0.2) is 39.3 Å². The summed E-state index contributed by atoms with van der Waals surface area (Å²) >= 11 is 0. The normalized spacial score (nSPS) is 10.3. The molecule has 0 fully saturated rings. The zero-order valence-electron chi connectivity index (χ0n) is 17.4. The van der Waals surface area contributed by atoms with Gasteiger partial charge in [-0.25, -0.2) is 4.98 Å². The number of carbonyl (C=O) groups excluding carboxylic acids is 1. The first-order valence-electron chi connectivity index (χ1n) is 9.27. The van der Waals surface area contributed by atoms with Crippen LogP contribution >= 0.6 is 0 Å². The van der Waals surface area contributed by atoms with E-state index in [-0.39, 0.29) is 12.5 Å². The molecular weight excluding hydrogens is 384 g/mol. The molecule has 7 heteroatoms. The molecule has 2 aromatic carbocycles. The van der Waals surface area contributed by atoms with Gasteiger partial charge in [-0.3, -0.25) is 9.69 Å². The van der Waals surface area contributed by atoms with Gasteiger partial charge in [0.05, 0.1) is 35.0 Å². The number of pyridine rings is 1. The minimum absolute atomic E-state index is 0.207. The van der Waals surface area contributed by atoms with Crippen molar-refractivity contribution in [2.45, 2.75) is 6.54 Å². The van der Waals surface area contributed by atoms with E-state index < -0.39 is 0 Å². The van der Waals surface area contributed by atoms with Gasteiger partial charge in [-0.05, 0) is 48.0 Å². The molecule has 0 bridgehead atoms. The van der Waals surface area contributed by atoms with E-state index in [4.69, 9.17) is 18.9 Å². The van der Waals surface area contributed by atoms with Crippen LogP contribution in [0.2, 0.25) is 0 Å². The molecular formula is C23H24N2O5. The van der Waals surface area contributed by atoms with Crippen LogP contribution in [-0.2, 0) is 6.54 Å². The van der Waals surface area contributed by atoms with Crippen LogP contribution < -0.4 is 23.8 Å². The lowest BCUT2D eigenvalue weighted by atomic mass is 10.1. The van der Waals surface area contributed by atoms with Crippen molar-refractivity contribution in [3.63, 3.8) is 0 Å². The number of rotatable bonds is 8. The van der Waals surface area contributed by atoms with Gasteiger partial charge in [0.15, 0.2) is 11.5 Å². The summed E-state index contributed by atoms with van der Waals surface area (Å²) in [6.07, 6.45) is 1.65. The maximum Gasteiger partial charge on any atom is 0.259 e. The van der Waals surface area contributed by atoms with Crippen molar-refractivity contribution in [1.82, 2.24) is 4.98 Å². The smallest absolute Gasteiger partial charge is 0.259 e. The number of nitrogens with zero attached hydrogens (tertiary/aromatic N) is 2. The molecule has 1 amide bonds. The van der Waals surface area contributed by atoms with Crippen molar-refractivity contribution in [2.75, 3.05) is 33.3 Å². The van der Waals surface area contributed by atoms with Crippen molar-refractivity contribution < 1.29 is 23.7 Å². The van der Waals surface area contributed by atoms with Gasteiger partial charge in [0.1, 0.15) is 11.6 Å². The number of benzene rings is 2. The molecule has 0 aliphatic rings. The molecule has 0 N–H and O–H groups in total. The lowest BCUT2D eigenvalue weighted by molar-refractivity contribution is 0.0984. The predicted molar refractivity (Wildman–Crippen MR) is 114 cm³/mol. The molecule has 0 saturated heterocycles. The van der Waals surface area contributed by atoms with Gasteiger partial charge >= 0.3 is 0 Å². The topological polar surface area (TPSA) is 70.1 Å². The fraction of sp³-hybridized carbons (Fsp3) is 0.217. The molecule has 0 spiro atoms. The molecule has 0 unspecified atom stereocenters. The Bertz CT molecular complexity index is 982. The number of carbonyl (C=O) groups is 1. The third-order valence-electron chi connectivity index (χ3n) is 4.55. The monoisotopic (exact) mass is 408 g/mol. The first-order valence-corrected chi connectivity index (χ1v) is 9.27. The zero-order chi connectivity index (χ0) is 21.5. The van der Waals surface area contributed by atoms with E-state index in [1.165, 1.54) is 0 Å². The zero-order valence-corrected chi connectivity index (χ0v) is 17.4. The summed E-state index contributed by atoms with van der Waals surface area (Å²) in [6.45, 7) is 0.254. The minimum atomic E-state index is -0.207. The average Bonchev–Trinajstić information content (AvgIpc) is 2.81. The van der Waals surface area contributed by atoms with Crippen molar-refractivity contribution in [3.8, 4) is 23.0 Å². The molecule has 0 aliphatic carbocycles. The number of aromatic nitrogens is 1.